The number of likely N-dealkylation sites (tertiary alicyclic amines) is 1. The summed E-state index contributed by atoms with van der Waals surface area (Å²) in [5.74, 6) is 0.376. The van der Waals surface area contributed by atoms with Gasteiger partial charge >= 0.3 is 6.03 Å². The van der Waals surface area contributed by atoms with Crippen molar-refractivity contribution in [2.75, 3.05) is 26.3 Å². The summed E-state index contributed by atoms with van der Waals surface area (Å²) in [7, 11) is 0. The number of benzene rings is 2. The number of hydrogen-bond donors (Lipinski definition) is 1. The number of ether oxygens (including phenoxy) is 1. The van der Waals surface area contributed by atoms with E-state index >= 15 is 0 Å². The fourth-order valence-corrected chi connectivity index (χ4v) is 4.57. The molecule has 2 aliphatic rings. The Morgan fingerprint density at radius 1 is 0.929 bits per heavy atom. The molecular formula is C24H30N2O2. The van der Waals surface area contributed by atoms with Crippen LogP contribution in [-0.4, -0.2) is 42.8 Å². The van der Waals surface area contributed by atoms with Crippen molar-refractivity contribution in [2.45, 2.75) is 37.6 Å². The molecule has 0 bridgehead atoms. The molecule has 4 heteroatoms. The average molecular weight is 379 g/mol. The highest BCUT2D eigenvalue weighted by molar-refractivity contribution is 5.76. The predicted molar refractivity (Wildman–Crippen MR) is 111 cm³/mol. The summed E-state index contributed by atoms with van der Waals surface area (Å²) in [6.45, 7) is 3.11. The van der Waals surface area contributed by atoms with E-state index in [1.807, 2.05) is 0 Å². The maximum atomic E-state index is 12.9. The predicted octanol–water partition coefficient (Wildman–Crippen LogP) is 4.05. The van der Waals surface area contributed by atoms with Crippen LogP contribution in [0, 0.1) is 5.92 Å². The largest absolute Gasteiger partial charge is 0.381 e. The van der Waals surface area contributed by atoms with E-state index < -0.39 is 0 Å². The Hall–Kier alpha value is -2.33. The highest BCUT2D eigenvalue weighted by atomic mass is 16.5. The van der Waals surface area contributed by atoms with Gasteiger partial charge in [0.15, 0.2) is 0 Å². The molecule has 4 nitrogen and oxygen atoms in total. The molecule has 28 heavy (non-hydrogen) atoms. The average Bonchev–Trinajstić information content (AvgIpc) is 2.73. The van der Waals surface area contributed by atoms with Gasteiger partial charge in [-0.3, -0.25) is 0 Å². The zero-order valence-corrected chi connectivity index (χ0v) is 16.5. The van der Waals surface area contributed by atoms with Crippen molar-refractivity contribution in [2.24, 2.45) is 5.92 Å². The molecule has 148 valence electrons. The highest BCUT2D eigenvalue weighted by Gasteiger charge is 2.48. The summed E-state index contributed by atoms with van der Waals surface area (Å²) in [6, 6.07) is 21.2. The van der Waals surface area contributed by atoms with E-state index in [2.05, 4.69) is 70.9 Å². The molecule has 2 heterocycles. The molecule has 2 aliphatic heterocycles. The van der Waals surface area contributed by atoms with Crippen molar-refractivity contribution < 1.29 is 9.53 Å². The summed E-state index contributed by atoms with van der Waals surface area (Å²) in [6.07, 6.45) is 4.99. The second kappa shape index (κ2) is 8.78. The van der Waals surface area contributed by atoms with Crippen molar-refractivity contribution in [3.8, 4) is 0 Å². The topological polar surface area (TPSA) is 41.6 Å². The third-order valence-corrected chi connectivity index (χ3v) is 6.32. The lowest BCUT2D eigenvalue weighted by Gasteiger charge is -2.54. The molecule has 0 unspecified atom stereocenters. The Bertz CT molecular complexity index is 715. The summed E-state index contributed by atoms with van der Waals surface area (Å²) in [5, 5.41) is 3.24. The second-order valence-corrected chi connectivity index (χ2v) is 8.17. The Morgan fingerprint density at radius 2 is 1.50 bits per heavy atom. The minimum absolute atomic E-state index is 0.0523. The molecule has 0 aromatic heterocycles. The van der Waals surface area contributed by atoms with E-state index in [1.54, 1.807) is 0 Å². The number of amides is 2. The number of urea groups is 1. The molecule has 0 radical (unpaired) electrons. The molecule has 0 saturated carbocycles. The molecule has 1 N–H and O–H groups in total. The Morgan fingerprint density at radius 3 is 2.00 bits per heavy atom. The zero-order valence-electron chi connectivity index (χ0n) is 16.5. The molecule has 0 atom stereocenters. The quantitative estimate of drug-likeness (QED) is 0.824. The third-order valence-electron chi connectivity index (χ3n) is 6.32. The number of hydrogen-bond acceptors (Lipinski definition) is 2. The molecular weight excluding hydrogens is 348 g/mol. The molecule has 2 aromatic carbocycles. The van der Waals surface area contributed by atoms with Crippen LogP contribution in [0.25, 0.3) is 0 Å². The molecule has 1 spiro atoms. The first kappa shape index (κ1) is 19.0. The Balaban J connectivity index is 1.38. The lowest BCUT2D eigenvalue weighted by molar-refractivity contribution is -0.0629. The summed E-state index contributed by atoms with van der Waals surface area (Å²) >= 11 is 0. The van der Waals surface area contributed by atoms with E-state index in [4.69, 9.17) is 4.74 Å². The summed E-state index contributed by atoms with van der Waals surface area (Å²) in [5.41, 5.74) is 2.70. The van der Waals surface area contributed by atoms with Gasteiger partial charge in [0, 0.05) is 26.3 Å². The monoisotopic (exact) mass is 378 g/mol. The fraction of sp³-hybridized carbons (Fsp3) is 0.458. The Kier molecular flexibility index (Phi) is 5.96. The lowest BCUT2D eigenvalue weighted by Crippen LogP contribution is -2.66. The molecule has 0 aliphatic carbocycles. The van der Waals surface area contributed by atoms with Gasteiger partial charge in [0.1, 0.15) is 0 Å². The van der Waals surface area contributed by atoms with Crippen molar-refractivity contribution >= 4 is 6.03 Å². The van der Waals surface area contributed by atoms with Crippen LogP contribution in [0.5, 0.6) is 0 Å². The number of nitrogens with zero attached hydrogens (tertiary/aromatic N) is 1. The molecule has 4 rings (SSSR count). The first-order valence-electron chi connectivity index (χ1n) is 10.5. The van der Waals surface area contributed by atoms with E-state index in [9.17, 15) is 4.79 Å². The third kappa shape index (κ3) is 4.39. The van der Waals surface area contributed by atoms with Gasteiger partial charge in [0.05, 0.1) is 5.54 Å². The molecule has 2 amide bonds. The minimum Gasteiger partial charge on any atom is -0.381 e. The molecule has 2 fully saturated rings. The van der Waals surface area contributed by atoms with Crippen LogP contribution in [0.3, 0.4) is 0 Å². The van der Waals surface area contributed by atoms with Crippen LogP contribution in [0.4, 0.5) is 4.79 Å². The van der Waals surface area contributed by atoms with Crippen LogP contribution in [0.1, 0.15) is 30.4 Å². The van der Waals surface area contributed by atoms with E-state index in [0.717, 1.165) is 51.9 Å². The number of nitrogens with one attached hydrogen (secondary N) is 1. The number of carbonyl (C=O) groups excluding carboxylic acids is 1. The van der Waals surface area contributed by atoms with Gasteiger partial charge in [-0.25, -0.2) is 4.79 Å². The maximum absolute atomic E-state index is 12.9. The molecule has 2 saturated heterocycles. The van der Waals surface area contributed by atoms with Gasteiger partial charge in [-0.05, 0) is 49.1 Å². The second-order valence-electron chi connectivity index (χ2n) is 8.17. The van der Waals surface area contributed by atoms with Crippen LogP contribution in [-0.2, 0) is 17.6 Å². The van der Waals surface area contributed by atoms with Gasteiger partial charge in [-0.2, -0.15) is 0 Å². The van der Waals surface area contributed by atoms with Gasteiger partial charge in [-0.15, -0.1) is 0 Å². The molecule has 2 aromatic rings. The van der Waals surface area contributed by atoms with Crippen molar-refractivity contribution in [1.82, 2.24) is 10.2 Å². The van der Waals surface area contributed by atoms with Gasteiger partial charge in [-0.1, -0.05) is 60.7 Å². The fourth-order valence-electron chi connectivity index (χ4n) is 4.57. The first-order valence-corrected chi connectivity index (χ1v) is 10.5. The standard InChI is InChI=1S/C24H30N2O2/c27-23(26-14-11-24(26)12-15-28-16-13-24)25-19-22(17-20-7-3-1-4-8-20)18-21-9-5-2-6-10-21/h1-10,22H,11-19H2,(H,25,27). The van der Waals surface area contributed by atoms with Gasteiger partial charge in [0.25, 0.3) is 0 Å². The normalized spacial score (nSPS) is 18.1. The smallest absolute Gasteiger partial charge is 0.317 e. The van der Waals surface area contributed by atoms with Crippen LogP contribution >= 0.6 is 0 Å². The SMILES string of the molecule is O=C(NCC(Cc1ccccc1)Cc1ccccc1)N1CCC12CCOCC2. The number of rotatable bonds is 6. The van der Waals surface area contributed by atoms with Crippen LogP contribution in [0.2, 0.25) is 0 Å². The number of carbonyl (C=O) groups is 1. The summed E-state index contributed by atoms with van der Waals surface area (Å²) < 4.78 is 5.50. The lowest BCUT2D eigenvalue weighted by atomic mass is 9.78. The van der Waals surface area contributed by atoms with Crippen molar-refractivity contribution in [3.63, 3.8) is 0 Å². The zero-order chi connectivity index (χ0) is 19.2. The van der Waals surface area contributed by atoms with Gasteiger partial charge < -0.3 is 15.0 Å². The van der Waals surface area contributed by atoms with Gasteiger partial charge in [0.2, 0.25) is 0 Å². The van der Waals surface area contributed by atoms with Crippen LogP contribution < -0.4 is 5.32 Å². The van der Waals surface area contributed by atoms with E-state index in [0.29, 0.717) is 12.5 Å². The minimum atomic E-state index is 0.0523. The highest BCUT2D eigenvalue weighted by Crippen LogP contribution is 2.39. The van der Waals surface area contributed by atoms with Crippen molar-refractivity contribution in [3.05, 3.63) is 71.8 Å². The maximum Gasteiger partial charge on any atom is 0.317 e. The van der Waals surface area contributed by atoms with E-state index in [-0.39, 0.29) is 11.6 Å². The summed E-state index contributed by atoms with van der Waals surface area (Å²) in [4.78, 5) is 14.9. The van der Waals surface area contributed by atoms with Crippen LogP contribution in [0.15, 0.2) is 60.7 Å². The first-order chi connectivity index (χ1) is 13.8. The van der Waals surface area contributed by atoms with Crippen molar-refractivity contribution in [1.29, 1.82) is 0 Å². The Labute approximate surface area is 167 Å². The van der Waals surface area contributed by atoms with E-state index in [1.165, 1.54) is 11.1 Å².